The molecule has 3 rings (SSSR count). The smallest absolute Gasteiger partial charge is 0.264 e. The van der Waals surface area contributed by atoms with Crippen molar-refractivity contribution < 1.29 is 14.3 Å². The van der Waals surface area contributed by atoms with Crippen molar-refractivity contribution in [3.8, 4) is 11.5 Å². The highest BCUT2D eigenvalue weighted by Crippen LogP contribution is 2.41. The van der Waals surface area contributed by atoms with Gasteiger partial charge in [-0.2, -0.15) is 0 Å². The maximum Gasteiger partial charge on any atom is 0.264 e. The largest absolute Gasteiger partial charge is 0.483 e. The number of amides is 1. The number of likely N-dealkylation sites (N-methyl/N-ethyl adjacent to an activating group) is 1. The van der Waals surface area contributed by atoms with Crippen LogP contribution in [0, 0.1) is 0 Å². The van der Waals surface area contributed by atoms with E-state index in [-0.39, 0.29) is 18.1 Å². The number of fused-ring (bicyclic) bond motifs is 1. The first-order valence-corrected chi connectivity index (χ1v) is 8.29. The van der Waals surface area contributed by atoms with Crippen LogP contribution in [0.15, 0.2) is 48.5 Å². The zero-order chi connectivity index (χ0) is 17.2. The Morgan fingerprint density at radius 3 is 2.62 bits per heavy atom. The van der Waals surface area contributed by atoms with Gasteiger partial charge in [0.15, 0.2) is 18.1 Å². The van der Waals surface area contributed by atoms with Gasteiger partial charge in [-0.3, -0.25) is 4.79 Å². The Hall–Kier alpha value is -2.49. The molecule has 0 saturated heterocycles. The molecule has 2 aromatic carbocycles. The Kier molecular flexibility index (Phi) is 4.47. The number of hydrogen-bond donors (Lipinski definition) is 0. The van der Waals surface area contributed by atoms with E-state index in [1.165, 1.54) is 0 Å². The van der Waals surface area contributed by atoms with E-state index in [1.54, 1.807) is 4.90 Å². The third-order valence-corrected chi connectivity index (χ3v) is 4.09. The van der Waals surface area contributed by atoms with Crippen molar-refractivity contribution in [3.05, 3.63) is 54.1 Å². The summed E-state index contributed by atoms with van der Waals surface area (Å²) in [5.41, 5.74) is 1.77. The molecule has 0 fully saturated rings. The van der Waals surface area contributed by atoms with Crippen molar-refractivity contribution in [1.29, 1.82) is 0 Å². The van der Waals surface area contributed by atoms with Gasteiger partial charge in [0.05, 0.1) is 0 Å². The first kappa shape index (κ1) is 16.4. The van der Waals surface area contributed by atoms with E-state index in [0.29, 0.717) is 12.3 Å². The second-order valence-corrected chi connectivity index (χ2v) is 6.55. The second-order valence-electron chi connectivity index (χ2n) is 6.55. The van der Waals surface area contributed by atoms with E-state index in [1.807, 2.05) is 55.5 Å². The molecule has 24 heavy (non-hydrogen) atoms. The van der Waals surface area contributed by atoms with Gasteiger partial charge in [-0.15, -0.1) is 0 Å². The molecule has 1 aliphatic rings. The van der Waals surface area contributed by atoms with Crippen LogP contribution in [0.2, 0.25) is 0 Å². The maximum atomic E-state index is 12.5. The van der Waals surface area contributed by atoms with Crippen LogP contribution in [0.25, 0.3) is 0 Å². The van der Waals surface area contributed by atoms with Crippen molar-refractivity contribution in [2.75, 3.05) is 18.1 Å². The monoisotopic (exact) mass is 325 g/mol. The number of benzene rings is 2. The molecule has 0 radical (unpaired) electrons. The lowest BCUT2D eigenvalue weighted by atomic mass is 10.0. The summed E-state index contributed by atoms with van der Waals surface area (Å²) in [5, 5.41) is 0. The van der Waals surface area contributed by atoms with Crippen molar-refractivity contribution in [3.63, 3.8) is 0 Å². The van der Waals surface area contributed by atoms with Gasteiger partial charge in [0.25, 0.3) is 5.91 Å². The molecule has 0 unspecified atom stereocenters. The number of anilines is 1. The number of carbonyl (C=O) groups is 1. The van der Waals surface area contributed by atoms with Crippen LogP contribution in [0.5, 0.6) is 11.5 Å². The lowest BCUT2D eigenvalue weighted by molar-refractivity contribution is -0.120. The average molecular weight is 325 g/mol. The van der Waals surface area contributed by atoms with Gasteiger partial charge in [-0.05, 0) is 39.0 Å². The van der Waals surface area contributed by atoms with Crippen LogP contribution < -0.4 is 14.4 Å². The number of nitrogens with zero attached hydrogens (tertiary/aromatic N) is 1. The highest BCUT2D eigenvalue weighted by molar-refractivity contribution is 5.94. The highest BCUT2D eigenvalue weighted by Gasteiger charge is 2.32. The Balaban J connectivity index is 1.71. The summed E-state index contributed by atoms with van der Waals surface area (Å²) in [4.78, 5) is 14.3. The molecule has 0 saturated carbocycles. The van der Waals surface area contributed by atoms with Gasteiger partial charge >= 0.3 is 0 Å². The zero-order valence-corrected chi connectivity index (χ0v) is 14.4. The Morgan fingerprint density at radius 2 is 1.92 bits per heavy atom. The molecule has 0 atom stereocenters. The second kappa shape index (κ2) is 6.56. The lowest BCUT2D eigenvalue weighted by Crippen LogP contribution is -2.34. The van der Waals surface area contributed by atoms with Crippen molar-refractivity contribution in [2.45, 2.75) is 32.8 Å². The third kappa shape index (κ3) is 3.37. The molecular formula is C20H23NO3. The summed E-state index contributed by atoms with van der Waals surface area (Å²) in [7, 11) is 0. The molecular weight excluding hydrogens is 302 g/mol. The van der Waals surface area contributed by atoms with Crippen LogP contribution in [-0.4, -0.2) is 24.7 Å². The number of hydrogen-bond acceptors (Lipinski definition) is 3. The Morgan fingerprint density at radius 1 is 1.17 bits per heavy atom. The van der Waals surface area contributed by atoms with Crippen LogP contribution in [0.4, 0.5) is 5.69 Å². The van der Waals surface area contributed by atoms with Gasteiger partial charge < -0.3 is 14.4 Å². The van der Waals surface area contributed by atoms with E-state index in [4.69, 9.17) is 9.47 Å². The predicted molar refractivity (Wildman–Crippen MR) is 94.8 cm³/mol. The molecule has 0 bridgehead atoms. The van der Waals surface area contributed by atoms with Crippen LogP contribution in [0.3, 0.4) is 0 Å². The number of rotatable bonds is 5. The summed E-state index contributed by atoms with van der Waals surface area (Å²) in [5.74, 6) is 1.33. The normalized spacial score (nSPS) is 14.6. The van der Waals surface area contributed by atoms with E-state index in [0.717, 1.165) is 23.4 Å². The predicted octanol–water partition coefficient (Wildman–Crippen LogP) is 3.83. The minimum atomic E-state index is -0.231. The molecule has 0 aliphatic carbocycles. The van der Waals surface area contributed by atoms with Crippen molar-refractivity contribution in [1.82, 2.24) is 0 Å². The fourth-order valence-corrected chi connectivity index (χ4v) is 3.03. The number of carbonyl (C=O) groups excluding carboxylic acids is 1. The first-order chi connectivity index (χ1) is 11.5. The molecule has 0 N–H and O–H groups in total. The fourth-order valence-electron chi connectivity index (χ4n) is 3.03. The topological polar surface area (TPSA) is 38.8 Å². The van der Waals surface area contributed by atoms with Gasteiger partial charge in [0, 0.05) is 24.2 Å². The number of para-hydroxylation sites is 2. The summed E-state index contributed by atoms with van der Waals surface area (Å²) >= 11 is 0. The van der Waals surface area contributed by atoms with E-state index in [2.05, 4.69) is 13.8 Å². The zero-order valence-electron chi connectivity index (χ0n) is 14.4. The van der Waals surface area contributed by atoms with Crippen LogP contribution in [0.1, 0.15) is 26.3 Å². The lowest BCUT2D eigenvalue weighted by Gasteiger charge is -2.22. The average Bonchev–Trinajstić information content (AvgIpc) is 2.89. The maximum absolute atomic E-state index is 12.5. The van der Waals surface area contributed by atoms with E-state index < -0.39 is 0 Å². The quantitative estimate of drug-likeness (QED) is 0.838. The summed E-state index contributed by atoms with van der Waals surface area (Å²) in [6.45, 7) is 6.65. The minimum absolute atomic E-state index is 0.0109. The summed E-state index contributed by atoms with van der Waals surface area (Å²) in [6, 6.07) is 15.5. The molecule has 4 heteroatoms. The van der Waals surface area contributed by atoms with Crippen LogP contribution >= 0.6 is 0 Å². The first-order valence-electron chi connectivity index (χ1n) is 8.29. The fraction of sp³-hybridized carbons (Fsp3) is 0.350. The van der Waals surface area contributed by atoms with Crippen molar-refractivity contribution in [2.24, 2.45) is 0 Å². The van der Waals surface area contributed by atoms with Gasteiger partial charge in [-0.25, -0.2) is 0 Å². The Bertz CT molecular complexity index is 725. The van der Waals surface area contributed by atoms with Gasteiger partial charge in [-0.1, -0.05) is 30.3 Å². The molecule has 0 aromatic heterocycles. The highest BCUT2D eigenvalue weighted by atomic mass is 16.5. The van der Waals surface area contributed by atoms with Gasteiger partial charge in [0.2, 0.25) is 0 Å². The van der Waals surface area contributed by atoms with E-state index in [9.17, 15) is 4.79 Å². The molecule has 0 spiro atoms. The summed E-state index contributed by atoms with van der Waals surface area (Å²) < 4.78 is 11.8. The molecule has 4 nitrogen and oxygen atoms in total. The third-order valence-electron chi connectivity index (χ3n) is 4.09. The summed E-state index contributed by atoms with van der Waals surface area (Å²) in [6.07, 6.45) is 0.846. The molecule has 2 aromatic rings. The minimum Gasteiger partial charge on any atom is -0.483 e. The SMILES string of the molecule is CCN(C(=O)COc1cccc2c1OC(C)(C)C2)c1ccccc1. The van der Waals surface area contributed by atoms with Crippen molar-refractivity contribution >= 4 is 11.6 Å². The van der Waals surface area contributed by atoms with Gasteiger partial charge in [0.1, 0.15) is 5.60 Å². The standard InChI is InChI=1S/C20H23NO3/c1-4-21(16-10-6-5-7-11-16)18(22)14-23-17-12-8-9-15-13-20(2,3)24-19(15)17/h5-12H,4,13-14H2,1-3H3. The Labute approximate surface area is 143 Å². The molecule has 1 aliphatic heterocycles. The molecule has 1 amide bonds. The van der Waals surface area contributed by atoms with E-state index >= 15 is 0 Å². The van der Waals surface area contributed by atoms with Crippen LogP contribution in [-0.2, 0) is 11.2 Å². The molecule has 1 heterocycles. The molecule has 126 valence electrons. The number of ether oxygens (including phenoxy) is 2.